The van der Waals surface area contributed by atoms with E-state index in [9.17, 15) is 4.79 Å². The van der Waals surface area contributed by atoms with Crippen molar-refractivity contribution in [1.82, 2.24) is 19.7 Å². The fourth-order valence-corrected chi connectivity index (χ4v) is 4.87. The summed E-state index contributed by atoms with van der Waals surface area (Å²) in [6, 6.07) is 20.5. The number of amides is 1. The monoisotopic (exact) mass is 448 g/mol. The number of carbonyl (C=O) groups excluding carboxylic acids is 1. The largest absolute Gasteiger partial charge is 0.340 e. The highest BCUT2D eigenvalue weighted by atomic mass is 32.2. The lowest BCUT2D eigenvalue weighted by molar-refractivity contribution is -0.127. The number of hydrogen-bond donors (Lipinski definition) is 0. The molecule has 2 heterocycles. The van der Waals surface area contributed by atoms with Crippen LogP contribution in [0.15, 0.2) is 71.2 Å². The topological polar surface area (TPSA) is 51.0 Å². The molecule has 5 nitrogen and oxygen atoms in total. The van der Waals surface area contributed by atoms with Crippen LogP contribution in [-0.2, 0) is 11.3 Å². The molecule has 4 rings (SSSR count). The SMILES string of the molecule is Cc1ccc(-n2c(SCC(=O)N(C)Cc3cccs3)nnc2-c2cccc(C)c2)cc1. The second kappa shape index (κ2) is 9.49. The zero-order valence-corrected chi connectivity index (χ0v) is 19.4. The van der Waals surface area contributed by atoms with Gasteiger partial charge in [0, 0.05) is 23.2 Å². The van der Waals surface area contributed by atoms with Gasteiger partial charge in [0.25, 0.3) is 0 Å². The van der Waals surface area contributed by atoms with Gasteiger partial charge in [-0.05, 0) is 43.5 Å². The predicted molar refractivity (Wildman–Crippen MR) is 128 cm³/mol. The smallest absolute Gasteiger partial charge is 0.233 e. The van der Waals surface area contributed by atoms with Crippen LogP contribution in [0.2, 0.25) is 0 Å². The van der Waals surface area contributed by atoms with Crippen molar-refractivity contribution in [2.24, 2.45) is 0 Å². The second-order valence-corrected chi connectivity index (χ2v) is 9.44. The van der Waals surface area contributed by atoms with Gasteiger partial charge in [0.2, 0.25) is 5.91 Å². The first-order valence-corrected chi connectivity index (χ1v) is 11.9. The summed E-state index contributed by atoms with van der Waals surface area (Å²) in [6.45, 7) is 4.75. The third kappa shape index (κ3) is 5.06. The Morgan fingerprint density at radius 3 is 2.55 bits per heavy atom. The average Bonchev–Trinajstić information content (AvgIpc) is 3.42. The molecule has 0 N–H and O–H groups in total. The molecule has 0 unspecified atom stereocenters. The van der Waals surface area contributed by atoms with Gasteiger partial charge in [0.1, 0.15) is 0 Å². The Kier molecular flexibility index (Phi) is 6.53. The Bertz CT molecular complexity index is 1170. The summed E-state index contributed by atoms with van der Waals surface area (Å²) in [5.41, 5.74) is 4.33. The summed E-state index contributed by atoms with van der Waals surface area (Å²) in [5.74, 6) is 1.14. The predicted octanol–water partition coefficient (Wildman–Crippen LogP) is 5.36. The van der Waals surface area contributed by atoms with Gasteiger partial charge in [-0.25, -0.2) is 0 Å². The van der Waals surface area contributed by atoms with Crippen molar-refractivity contribution in [2.75, 3.05) is 12.8 Å². The van der Waals surface area contributed by atoms with E-state index in [1.165, 1.54) is 22.2 Å². The number of benzene rings is 2. The van der Waals surface area contributed by atoms with Crippen LogP contribution in [-0.4, -0.2) is 38.4 Å². The number of thioether (sulfide) groups is 1. The van der Waals surface area contributed by atoms with E-state index >= 15 is 0 Å². The molecule has 0 spiro atoms. The molecule has 0 saturated heterocycles. The van der Waals surface area contributed by atoms with E-state index in [2.05, 4.69) is 60.4 Å². The molecule has 0 aliphatic rings. The van der Waals surface area contributed by atoms with Gasteiger partial charge >= 0.3 is 0 Å². The maximum absolute atomic E-state index is 12.7. The molecule has 158 valence electrons. The van der Waals surface area contributed by atoms with Gasteiger partial charge in [0.15, 0.2) is 11.0 Å². The van der Waals surface area contributed by atoms with Crippen LogP contribution >= 0.6 is 23.1 Å². The van der Waals surface area contributed by atoms with Crippen molar-refractivity contribution in [3.63, 3.8) is 0 Å². The van der Waals surface area contributed by atoms with E-state index < -0.39 is 0 Å². The molecule has 0 fully saturated rings. The number of nitrogens with zero attached hydrogens (tertiary/aromatic N) is 4. The number of carbonyl (C=O) groups is 1. The molecular weight excluding hydrogens is 424 g/mol. The quantitative estimate of drug-likeness (QED) is 0.357. The molecule has 0 saturated carbocycles. The molecule has 0 aliphatic carbocycles. The lowest BCUT2D eigenvalue weighted by atomic mass is 10.1. The van der Waals surface area contributed by atoms with Crippen LogP contribution in [0, 0.1) is 13.8 Å². The lowest BCUT2D eigenvalue weighted by Gasteiger charge is -2.16. The van der Waals surface area contributed by atoms with Gasteiger partial charge < -0.3 is 4.90 Å². The minimum absolute atomic E-state index is 0.0639. The molecule has 0 radical (unpaired) electrons. The first kappa shape index (κ1) is 21.3. The van der Waals surface area contributed by atoms with Crippen LogP contribution in [0.1, 0.15) is 16.0 Å². The van der Waals surface area contributed by atoms with Crippen LogP contribution < -0.4 is 0 Å². The standard InChI is InChI=1S/C24H24N4OS2/c1-17-9-11-20(12-10-17)28-23(19-7-4-6-18(2)14-19)25-26-24(28)31-16-22(29)27(3)15-21-8-5-13-30-21/h4-14H,15-16H2,1-3H3. The number of hydrogen-bond acceptors (Lipinski definition) is 5. The maximum atomic E-state index is 12.7. The van der Waals surface area contributed by atoms with E-state index in [0.717, 1.165) is 22.6 Å². The molecule has 2 aromatic heterocycles. The third-order valence-electron chi connectivity index (χ3n) is 4.93. The molecule has 31 heavy (non-hydrogen) atoms. The first-order valence-electron chi connectivity index (χ1n) is 10.00. The highest BCUT2D eigenvalue weighted by Crippen LogP contribution is 2.29. The van der Waals surface area contributed by atoms with Gasteiger partial charge in [-0.3, -0.25) is 9.36 Å². The molecule has 1 amide bonds. The van der Waals surface area contributed by atoms with E-state index in [4.69, 9.17) is 0 Å². The van der Waals surface area contributed by atoms with Gasteiger partial charge in [-0.1, -0.05) is 59.3 Å². The van der Waals surface area contributed by atoms with Crippen LogP contribution in [0.4, 0.5) is 0 Å². The van der Waals surface area contributed by atoms with Crippen LogP contribution in [0.5, 0.6) is 0 Å². The number of aryl methyl sites for hydroxylation is 2. The fraction of sp³-hybridized carbons (Fsp3) is 0.208. The summed E-state index contributed by atoms with van der Waals surface area (Å²) in [7, 11) is 1.84. The average molecular weight is 449 g/mol. The molecule has 2 aromatic carbocycles. The fourth-order valence-electron chi connectivity index (χ4n) is 3.22. The molecule has 0 bridgehead atoms. The molecular formula is C24H24N4OS2. The third-order valence-corrected chi connectivity index (χ3v) is 6.70. The maximum Gasteiger partial charge on any atom is 0.233 e. The Balaban J connectivity index is 1.60. The van der Waals surface area contributed by atoms with Crippen molar-refractivity contribution in [3.8, 4) is 17.1 Å². The van der Waals surface area contributed by atoms with E-state index in [0.29, 0.717) is 17.5 Å². The summed E-state index contributed by atoms with van der Waals surface area (Å²) < 4.78 is 2.03. The number of aromatic nitrogens is 3. The molecule has 4 aromatic rings. The first-order chi connectivity index (χ1) is 15.0. The minimum Gasteiger partial charge on any atom is -0.340 e. The molecule has 0 aliphatic heterocycles. The zero-order chi connectivity index (χ0) is 21.8. The zero-order valence-electron chi connectivity index (χ0n) is 17.8. The minimum atomic E-state index is 0.0639. The van der Waals surface area contributed by atoms with Crippen LogP contribution in [0.3, 0.4) is 0 Å². The summed E-state index contributed by atoms with van der Waals surface area (Å²) in [6.07, 6.45) is 0. The summed E-state index contributed by atoms with van der Waals surface area (Å²) in [4.78, 5) is 15.6. The van der Waals surface area contributed by atoms with Crippen molar-refractivity contribution in [1.29, 1.82) is 0 Å². The van der Waals surface area contributed by atoms with Crippen molar-refractivity contribution in [2.45, 2.75) is 25.5 Å². The molecule has 0 atom stereocenters. The molecule has 7 heteroatoms. The van der Waals surface area contributed by atoms with E-state index in [-0.39, 0.29) is 5.91 Å². The number of thiophene rings is 1. The summed E-state index contributed by atoms with van der Waals surface area (Å²) >= 11 is 3.08. The van der Waals surface area contributed by atoms with Crippen LogP contribution in [0.25, 0.3) is 17.1 Å². The van der Waals surface area contributed by atoms with Crippen molar-refractivity contribution in [3.05, 3.63) is 82.0 Å². The van der Waals surface area contributed by atoms with Crippen molar-refractivity contribution < 1.29 is 4.79 Å². The highest BCUT2D eigenvalue weighted by Gasteiger charge is 2.18. The lowest BCUT2D eigenvalue weighted by Crippen LogP contribution is -2.27. The van der Waals surface area contributed by atoms with Gasteiger partial charge in [-0.2, -0.15) is 0 Å². The Labute approximate surface area is 190 Å². The van der Waals surface area contributed by atoms with E-state index in [1.807, 2.05) is 41.3 Å². The van der Waals surface area contributed by atoms with Gasteiger partial charge in [0.05, 0.1) is 12.3 Å². The second-order valence-electron chi connectivity index (χ2n) is 7.46. The highest BCUT2D eigenvalue weighted by molar-refractivity contribution is 7.99. The van der Waals surface area contributed by atoms with Gasteiger partial charge in [-0.15, -0.1) is 21.5 Å². The number of rotatable bonds is 7. The Morgan fingerprint density at radius 2 is 1.84 bits per heavy atom. The van der Waals surface area contributed by atoms with E-state index in [1.54, 1.807) is 16.2 Å². The normalized spacial score (nSPS) is 10.9. The summed E-state index contributed by atoms with van der Waals surface area (Å²) in [5, 5.41) is 11.6. The Hall–Kier alpha value is -2.90. The Morgan fingerprint density at radius 1 is 1.03 bits per heavy atom. The van der Waals surface area contributed by atoms with Crippen molar-refractivity contribution >= 4 is 29.0 Å².